The lowest BCUT2D eigenvalue weighted by Gasteiger charge is -2.36. The van der Waals surface area contributed by atoms with E-state index in [1.54, 1.807) is 6.20 Å². The zero-order valence-corrected chi connectivity index (χ0v) is 10.6. The maximum absolute atomic E-state index is 12.0. The fourth-order valence-electron chi connectivity index (χ4n) is 2.55. The van der Waals surface area contributed by atoms with Crippen molar-refractivity contribution in [1.29, 1.82) is 0 Å². The van der Waals surface area contributed by atoms with Crippen molar-refractivity contribution in [2.75, 3.05) is 6.54 Å². The Morgan fingerprint density at radius 1 is 1.37 bits per heavy atom. The number of nitrogens with zero attached hydrogens (tertiary/aromatic N) is 3. The van der Waals surface area contributed by atoms with E-state index in [0.717, 1.165) is 17.9 Å². The van der Waals surface area contributed by atoms with Crippen LogP contribution in [0, 0.1) is 0 Å². The van der Waals surface area contributed by atoms with E-state index in [1.807, 2.05) is 41.4 Å². The average Bonchev–Trinajstić information content (AvgIpc) is 2.93. The second-order valence-corrected chi connectivity index (χ2v) is 4.65. The number of fused-ring (bicyclic) bond motifs is 1. The predicted molar refractivity (Wildman–Crippen MR) is 71.0 cm³/mol. The smallest absolute Gasteiger partial charge is 0.237 e. The molecule has 0 aliphatic carbocycles. The van der Waals surface area contributed by atoms with Gasteiger partial charge in [0, 0.05) is 18.9 Å². The van der Waals surface area contributed by atoms with Gasteiger partial charge in [-0.05, 0) is 5.56 Å². The first-order chi connectivity index (χ1) is 9.29. The molecule has 2 heterocycles. The minimum Gasteiger partial charge on any atom is -0.331 e. The van der Waals surface area contributed by atoms with Crippen molar-refractivity contribution < 1.29 is 4.79 Å². The molecular weight excluding hydrogens is 240 g/mol. The molecule has 1 aromatic heterocycles. The molecule has 0 spiro atoms. The predicted octanol–water partition coefficient (Wildman–Crippen LogP) is 0.925. The van der Waals surface area contributed by atoms with Crippen LogP contribution in [-0.4, -0.2) is 26.9 Å². The van der Waals surface area contributed by atoms with Crippen LogP contribution in [0.3, 0.4) is 0 Å². The molecule has 0 saturated carbocycles. The number of hydrogen-bond acceptors (Lipinski definition) is 3. The van der Waals surface area contributed by atoms with E-state index in [2.05, 4.69) is 9.55 Å². The van der Waals surface area contributed by atoms with Gasteiger partial charge in [-0.3, -0.25) is 4.79 Å². The van der Waals surface area contributed by atoms with Gasteiger partial charge in [-0.1, -0.05) is 30.3 Å². The van der Waals surface area contributed by atoms with Gasteiger partial charge in [0.15, 0.2) is 0 Å². The molecule has 1 atom stereocenters. The average molecular weight is 256 g/mol. The third kappa shape index (κ3) is 2.13. The molecule has 2 aromatic rings. The Morgan fingerprint density at radius 3 is 2.89 bits per heavy atom. The summed E-state index contributed by atoms with van der Waals surface area (Å²) in [6, 6.07) is 10.1. The van der Waals surface area contributed by atoms with E-state index in [9.17, 15) is 4.79 Å². The largest absolute Gasteiger partial charge is 0.331 e. The summed E-state index contributed by atoms with van der Waals surface area (Å²) in [4.78, 5) is 18.1. The van der Waals surface area contributed by atoms with E-state index in [-0.39, 0.29) is 18.5 Å². The molecule has 3 rings (SSSR count). The molecule has 1 aliphatic rings. The van der Waals surface area contributed by atoms with Gasteiger partial charge in [0.05, 0.1) is 19.1 Å². The highest BCUT2D eigenvalue weighted by Gasteiger charge is 2.30. The second-order valence-electron chi connectivity index (χ2n) is 4.65. The Kier molecular flexibility index (Phi) is 3.05. The lowest BCUT2D eigenvalue weighted by Crippen LogP contribution is -2.43. The van der Waals surface area contributed by atoms with Crippen LogP contribution in [0.15, 0.2) is 42.7 Å². The number of imidazole rings is 1. The van der Waals surface area contributed by atoms with Gasteiger partial charge in [-0.15, -0.1) is 0 Å². The minimum absolute atomic E-state index is 0.0268. The Hall–Kier alpha value is -2.14. The Balaban J connectivity index is 1.98. The van der Waals surface area contributed by atoms with Gasteiger partial charge in [0.1, 0.15) is 5.82 Å². The molecule has 1 unspecified atom stereocenters. The molecule has 19 heavy (non-hydrogen) atoms. The summed E-state index contributed by atoms with van der Waals surface area (Å²) in [5, 5.41) is 0. The second kappa shape index (κ2) is 4.85. The summed E-state index contributed by atoms with van der Waals surface area (Å²) >= 11 is 0. The van der Waals surface area contributed by atoms with Crippen molar-refractivity contribution in [2.24, 2.45) is 5.73 Å². The van der Waals surface area contributed by atoms with Gasteiger partial charge in [0.25, 0.3) is 0 Å². The standard InChI is InChI=1S/C14H16N4O/c15-8-14(19)18-10-13-16-6-7-17(13)9-12(18)11-4-2-1-3-5-11/h1-7,12H,8-10,15H2. The topological polar surface area (TPSA) is 64.2 Å². The Bertz CT molecular complexity index is 578. The first-order valence-electron chi connectivity index (χ1n) is 6.34. The van der Waals surface area contributed by atoms with E-state index in [1.165, 1.54) is 0 Å². The van der Waals surface area contributed by atoms with E-state index >= 15 is 0 Å². The molecular formula is C14H16N4O. The first kappa shape index (κ1) is 11.9. The number of hydrogen-bond donors (Lipinski definition) is 1. The van der Waals surface area contributed by atoms with Gasteiger partial charge in [-0.25, -0.2) is 4.98 Å². The number of carbonyl (C=O) groups excluding carboxylic acids is 1. The van der Waals surface area contributed by atoms with Gasteiger partial charge in [-0.2, -0.15) is 0 Å². The van der Waals surface area contributed by atoms with Crippen LogP contribution >= 0.6 is 0 Å². The molecule has 1 aliphatic heterocycles. The maximum atomic E-state index is 12.0. The molecule has 2 N–H and O–H groups in total. The third-order valence-corrected chi connectivity index (χ3v) is 3.54. The Morgan fingerprint density at radius 2 is 2.16 bits per heavy atom. The van der Waals surface area contributed by atoms with Crippen molar-refractivity contribution in [3.8, 4) is 0 Å². The van der Waals surface area contributed by atoms with Crippen molar-refractivity contribution in [2.45, 2.75) is 19.1 Å². The molecule has 98 valence electrons. The summed E-state index contributed by atoms with van der Waals surface area (Å²) in [6.07, 6.45) is 3.73. The lowest BCUT2D eigenvalue weighted by molar-refractivity contribution is -0.134. The number of carbonyl (C=O) groups is 1. The van der Waals surface area contributed by atoms with Crippen molar-refractivity contribution in [1.82, 2.24) is 14.5 Å². The minimum atomic E-state index is -0.0388. The summed E-state index contributed by atoms with van der Waals surface area (Å²) in [5.74, 6) is 0.872. The van der Waals surface area contributed by atoms with Gasteiger partial charge < -0.3 is 15.2 Å². The lowest BCUT2D eigenvalue weighted by atomic mass is 10.0. The zero-order chi connectivity index (χ0) is 13.2. The van der Waals surface area contributed by atoms with Gasteiger partial charge >= 0.3 is 0 Å². The van der Waals surface area contributed by atoms with E-state index < -0.39 is 0 Å². The molecule has 1 amide bonds. The fraction of sp³-hybridized carbons (Fsp3) is 0.286. The summed E-state index contributed by atoms with van der Waals surface area (Å²) in [7, 11) is 0. The van der Waals surface area contributed by atoms with Crippen LogP contribution in [-0.2, 0) is 17.9 Å². The van der Waals surface area contributed by atoms with E-state index in [0.29, 0.717) is 6.54 Å². The molecule has 0 fully saturated rings. The van der Waals surface area contributed by atoms with Crippen LogP contribution in [0.5, 0.6) is 0 Å². The number of aromatic nitrogens is 2. The molecule has 0 saturated heterocycles. The van der Waals surface area contributed by atoms with Crippen LogP contribution in [0.1, 0.15) is 17.4 Å². The van der Waals surface area contributed by atoms with Crippen LogP contribution in [0.25, 0.3) is 0 Å². The molecule has 5 heteroatoms. The van der Waals surface area contributed by atoms with Crippen LogP contribution in [0.4, 0.5) is 0 Å². The third-order valence-electron chi connectivity index (χ3n) is 3.54. The number of nitrogens with two attached hydrogens (primary N) is 1. The van der Waals surface area contributed by atoms with Crippen LogP contribution < -0.4 is 5.73 Å². The van der Waals surface area contributed by atoms with Crippen LogP contribution in [0.2, 0.25) is 0 Å². The molecule has 0 radical (unpaired) electrons. The molecule has 1 aromatic carbocycles. The zero-order valence-electron chi connectivity index (χ0n) is 10.6. The van der Waals surface area contributed by atoms with E-state index in [4.69, 9.17) is 5.73 Å². The van der Waals surface area contributed by atoms with Crippen molar-refractivity contribution >= 4 is 5.91 Å². The highest BCUT2D eigenvalue weighted by molar-refractivity contribution is 5.78. The molecule has 0 bridgehead atoms. The maximum Gasteiger partial charge on any atom is 0.237 e. The SMILES string of the molecule is NCC(=O)N1Cc2nccn2CC1c1ccccc1. The first-order valence-corrected chi connectivity index (χ1v) is 6.34. The summed E-state index contributed by atoms with van der Waals surface area (Å²) in [5.41, 5.74) is 6.65. The normalized spacial score (nSPS) is 18.2. The van der Waals surface area contributed by atoms with Crippen molar-refractivity contribution in [3.05, 3.63) is 54.1 Å². The number of benzene rings is 1. The highest BCUT2D eigenvalue weighted by Crippen LogP contribution is 2.28. The molecule has 5 nitrogen and oxygen atoms in total. The summed E-state index contributed by atoms with van der Waals surface area (Å²) < 4.78 is 2.10. The highest BCUT2D eigenvalue weighted by atomic mass is 16.2. The number of rotatable bonds is 2. The monoisotopic (exact) mass is 256 g/mol. The number of amides is 1. The fourth-order valence-corrected chi connectivity index (χ4v) is 2.55. The Labute approximate surface area is 111 Å². The van der Waals surface area contributed by atoms with Crippen molar-refractivity contribution in [3.63, 3.8) is 0 Å². The van der Waals surface area contributed by atoms with Gasteiger partial charge in [0.2, 0.25) is 5.91 Å². The quantitative estimate of drug-likeness (QED) is 0.869. The summed E-state index contributed by atoms with van der Waals surface area (Å²) in [6.45, 7) is 1.28.